The molecule has 1 aliphatic carbocycles. The number of hydrogen-bond acceptors (Lipinski definition) is 4. The number of nitrogens with one attached hydrogen (secondary N) is 2. The summed E-state index contributed by atoms with van der Waals surface area (Å²) in [4.78, 5) is 4.08. The van der Waals surface area contributed by atoms with Crippen LogP contribution in [0.4, 0.5) is 5.69 Å². The Labute approximate surface area is 127 Å². The van der Waals surface area contributed by atoms with Crippen molar-refractivity contribution in [3.63, 3.8) is 0 Å². The Hall–Kier alpha value is -1.14. The van der Waals surface area contributed by atoms with Crippen molar-refractivity contribution >= 4 is 15.7 Å². The molecule has 6 heteroatoms. The van der Waals surface area contributed by atoms with Gasteiger partial charge in [0.25, 0.3) is 10.0 Å². The summed E-state index contributed by atoms with van der Waals surface area (Å²) < 4.78 is 28.0. The van der Waals surface area contributed by atoms with Crippen LogP contribution in [0, 0.1) is 0 Å². The first kappa shape index (κ1) is 16.2. The zero-order chi connectivity index (χ0) is 15.1. The lowest BCUT2D eigenvalue weighted by molar-refractivity contribution is 0.508. The van der Waals surface area contributed by atoms with E-state index in [1.54, 1.807) is 12.1 Å². The van der Waals surface area contributed by atoms with Crippen molar-refractivity contribution in [1.82, 2.24) is 9.71 Å². The second-order valence-electron chi connectivity index (χ2n) is 5.59. The fourth-order valence-corrected chi connectivity index (χ4v) is 4.09. The molecule has 1 heterocycles. The summed E-state index contributed by atoms with van der Waals surface area (Å²) in [5.74, 6) is 0. The van der Waals surface area contributed by atoms with Crippen LogP contribution in [0.2, 0.25) is 0 Å². The minimum Gasteiger partial charge on any atom is -0.383 e. The zero-order valence-electron chi connectivity index (χ0n) is 12.6. The summed E-state index contributed by atoms with van der Waals surface area (Å²) in [6.07, 6.45) is 8.89. The first-order chi connectivity index (χ1) is 10.1. The van der Waals surface area contributed by atoms with Crippen molar-refractivity contribution in [3.8, 4) is 0 Å². The van der Waals surface area contributed by atoms with Crippen molar-refractivity contribution in [1.29, 1.82) is 0 Å². The summed E-state index contributed by atoms with van der Waals surface area (Å²) >= 11 is 0. The molecule has 5 nitrogen and oxygen atoms in total. The van der Waals surface area contributed by atoms with Crippen LogP contribution in [-0.2, 0) is 10.0 Å². The number of rotatable bonds is 6. The third kappa shape index (κ3) is 4.68. The van der Waals surface area contributed by atoms with Crippen molar-refractivity contribution in [2.24, 2.45) is 0 Å². The molecule has 0 amide bonds. The number of aromatic nitrogens is 1. The van der Waals surface area contributed by atoms with Gasteiger partial charge in [0.2, 0.25) is 0 Å². The molecule has 1 fully saturated rings. The Balaban J connectivity index is 2.14. The Morgan fingerprint density at radius 3 is 2.62 bits per heavy atom. The summed E-state index contributed by atoms with van der Waals surface area (Å²) in [6, 6.07) is 3.56. The van der Waals surface area contributed by atoms with E-state index >= 15 is 0 Å². The predicted molar refractivity (Wildman–Crippen MR) is 84.8 cm³/mol. The van der Waals surface area contributed by atoms with Gasteiger partial charge in [-0.25, -0.2) is 18.1 Å². The molecule has 1 aromatic heterocycles. The van der Waals surface area contributed by atoms with E-state index in [0.29, 0.717) is 5.69 Å². The van der Waals surface area contributed by atoms with Crippen LogP contribution in [0.15, 0.2) is 23.4 Å². The minimum atomic E-state index is -3.56. The molecule has 0 radical (unpaired) electrons. The summed E-state index contributed by atoms with van der Waals surface area (Å²) in [5, 5.41) is 3.25. The molecule has 0 bridgehead atoms. The Bertz CT molecular complexity index is 538. The maximum Gasteiger partial charge on any atom is 0.260 e. The van der Waals surface area contributed by atoms with E-state index in [1.807, 2.05) is 6.92 Å². The van der Waals surface area contributed by atoms with Gasteiger partial charge in [0, 0.05) is 18.8 Å². The molecule has 0 aliphatic heterocycles. The van der Waals surface area contributed by atoms with E-state index in [-0.39, 0.29) is 11.1 Å². The van der Waals surface area contributed by atoms with Crippen molar-refractivity contribution < 1.29 is 8.42 Å². The first-order valence-electron chi connectivity index (χ1n) is 7.84. The van der Waals surface area contributed by atoms with Crippen LogP contribution in [0.1, 0.15) is 51.9 Å². The van der Waals surface area contributed by atoms with Gasteiger partial charge in [-0.2, -0.15) is 0 Å². The first-order valence-corrected chi connectivity index (χ1v) is 9.33. The molecule has 0 atom stereocenters. The van der Waals surface area contributed by atoms with Crippen molar-refractivity contribution in [2.75, 3.05) is 11.9 Å². The molecular formula is C15H25N3O2S. The van der Waals surface area contributed by atoms with Crippen LogP contribution in [0.25, 0.3) is 0 Å². The molecular weight excluding hydrogens is 286 g/mol. The topological polar surface area (TPSA) is 71.1 Å². The zero-order valence-corrected chi connectivity index (χ0v) is 13.5. The molecule has 1 saturated carbocycles. The van der Waals surface area contributed by atoms with Gasteiger partial charge in [-0.3, -0.25) is 0 Å². The molecule has 2 rings (SSSR count). The largest absolute Gasteiger partial charge is 0.383 e. The average Bonchev–Trinajstić information content (AvgIpc) is 2.73. The maximum absolute atomic E-state index is 12.6. The van der Waals surface area contributed by atoms with Crippen LogP contribution >= 0.6 is 0 Å². The molecule has 0 saturated heterocycles. The molecule has 21 heavy (non-hydrogen) atoms. The number of anilines is 1. The highest BCUT2D eigenvalue weighted by Gasteiger charge is 2.24. The van der Waals surface area contributed by atoms with Gasteiger partial charge >= 0.3 is 0 Å². The molecule has 1 aromatic rings. The molecule has 0 spiro atoms. The average molecular weight is 311 g/mol. The van der Waals surface area contributed by atoms with Crippen molar-refractivity contribution in [2.45, 2.75) is 62.9 Å². The van der Waals surface area contributed by atoms with E-state index in [2.05, 4.69) is 15.0 Å². The Kier molecular flexibility index (Phi) is 5.99. The van der Waals surface area contributed by atoms with E-state index < -0.39 is 10.0 Å². The van der Waals surface area contributed by atoms with Crippen LogP contribution in [0.5, 0.6) is 0 Å². The quantitative estimate of drug-likeness (QED) is 0.792. The highest BCUT2D eigenvalue weighted by atomic mass is 32.2. The van der Waals surface area contributed by atoms with Crippen molar-refractivity contribution in [3.05, 3.63) is 18.3 Å². The molecule has 0 unspecified atom stereocenters. The summed E-state index contributed by atoms with van der Waals surface area (Å²) in [7, 11) is -3.56. The smallest absolute Gasteiger partial charge is 0.260 e. The predicted octanol–water partition coefficient (Wildman–Crippen LogP) is 2.90. The lowest BCUT2D eigenvalue weighted by Crippen LogP contribution is -2.35. The standard InChI is InChI=1S/C15H25N3O2S/c1-2-11-16-14-10-7-12-17-15(14)21(19,20)18-13-8-5-3-4-6-9-13/h7,10,12-13,16,18H,2-6,8-9,11H2,1H3. The normalized spacial score (nSPS) is 17.4. The van der Waals surface area contributed by atoms with Gasteiger partial charge in [-0.05, 0) is 31.4 Å². The third-order valence-corrected chi connectivity index (χ3v) is 5.25. The van der Waals surface area contributed by atoms with Gasteiger partial charge in [0.1, 0.15) is 0 Å². The summed E-state index contributed by atoms with van der Waals surface area (Å²) in [6.45, 7) is 2.78. The van der Waals surface area contributed by atoms with Crippen LogP contribution in [-0.4, -0.2) is 26.0 Å². The highest BCUT2D eigenvalue weighted by Crippen LogP contribution is 2.22. The van der Waals surface area contributed by atoms with E-state index in [0.717, 1.165) is 38.6 Å². The van der Waals surface area contributed by atoms with Gasteiger partial charge in [0.15, 0.2) is 5.03 Å². The fourth-order valence-electron chi connectivity index (χ4n) is 2.67. The van der Waals surface area contributed by atoms with E-state index in [1.165, 1.54) is 19.0 Å². The fraction of sp³-hybridized carbons (Fsp3) is 0.667. The molecule has 1 aliphatic rings. The third-order valence-electron chi connectivity index (χ3n) is 3.77. The molecule has 2 N–H and O–H groups in total. The van der Waals surface area contributed by atoms with Crippen LogP contribution in [0.3, 0.4) is 0 Å². The number of hydrogen-bond donors (Lipinski definition) is 2. The second kappa shape index (κ2) is 7.75. The maximum atomic E-state index is 12.6. The second-order valence-corrected chi connectivity index (χ2v) is 7.22. The van der Waals surface area contributed by atoms with Crippen LogP contribution < -0.4 is 10.0 Å². The van der Waals surface area contributed by atoms with Gasteiger partial charge < -0.3 is 5.32 Å². The van der Waals surface area contributed by atoms with Gasteiger partial charge in [0.05, 0.1) is 5.69 Å². The number of nitrogens with zero attached hydrogens (tertiary/aromatic N) is 1. The molecule has 118 valence electrons. The highest BCUT2D eigenvalue weighted by molar-refractivity contribution is 7.89. The summed E-state index contributed by atoms with van der Waals surface area (Å²) in [5.41, 5.74) is 0.584. The minimum absolute atomic E-state index is 0.0403. The Morgan fingerprint density at radius 1 is 1.24 bits per heavy atom. The lowest BCUT2D eigenvalue weighted by atomic mass is 10.1. The molecule has 0 aromatic carbocycles. The van der Waals surface area contributed by atoms with Gasteiger partial charge in [-0.15, -0.1) is 0 Å². The SMILES string of the molecule is CCCNc1cccnc1S(=O)(=O)NC1CCCCCC1. The lowest BCUT2D eigenvalue weighted by Gasteiger charge is -2.17. The van der Waals surface area contributed by atoms with Gasteiger partial charge in [-0.1, -0.05) is 32.6 Å². The Morgan fingerprint density at radius 2 is 1.95 bits per heavy atom. The number of pyridine rings is 1. The van der Waals surface area contributed by atoms with E-state index in [9.17, 15) is 8.42 Å². The van der Waals surface area contributed by atoms with E-state index in [4.69, 9.17) is 0 Å². The monoisotopic (exact) mass is 311 g/mol. The number of sulfonamides is 1.